The Bertz CT molecular complexity index is 441. The summed E-state index contributed by atoms with van der Waals surface area (Å²) in [6.45, 7) is 3.05. The molecule has 0 aromatic heterocycles. The van der Waals surface area contributed by atoms with Crippen LogP contribution in [0.2, 0.25) is 0 Å². The number of hydrogen-bond acceptors (Lipinski definition) is 3. The zero-order valence-electron chi connectivity index (χ0n) is 10.3. The second-order valence-electron chi connectivity index (χ2n) is 4.32. The van der Waals surface area contributed by atoms with Gasteiger partial charge in [-0.05, 0) is 32.0 Å². The molecule has 3 nitrogen and oxygen atoms in total. The van der Waals surface area contributed by atoms with Crippen molar-refractivity contribution < 1.29 is 22.7 Å². The van der Waals surface area contributed by atoms with Gasteiger partial charge in [0.1, 0.15) is 5.54 Å². The number of methoxy groups -OCH3 is 1. The Labute approximate surface area is 103 Å². The van der Waals surface area contributed by atoms with E-state index in [9.17, 15) is 18.0 Å². The van der Waals surface area contributed by atoms with Crippen LogP contribution in [0.4, 0.5) is 18.9 Å². The van der Waals surface area contributed by atoms with Gasteiger partial charge in [0.2, 0.25) is 0 Å². The van der Waals surface area contributed by atoms with Crippen molar-refractivity contribution >= 4 is 11.7 Å². The average Bonchev–Trinajstić information content (AvgIpc) is 2.26. The minimum absolute atomic E-state index is 0.209. The van der Waals surface area contributed by atoms with Crippen molar-refractivity contribution in [1.29, 1.82) is 0 Å². The number of carbonyl (C=O) groups excluding carboxylic acids is 1. The van der Waals surface area contributed by atoms with E-state index in [0.29, 0.717) is 0 Å². The summed E-state index contributed by atoms with van der Waals surface area (Å²) >= 11 is 0. The Morgan fingerprint density at radius 1 is 1.28 bits per heavy atom. The average molecular weight is 261 g/mol. The fourth-order valence-corrected chi connectivity index (χ4v) is 1.44. The van der Waals surface area contributed by atoms with Gasteiger partial charge in [-0.2, -0.15) is 13.2 Å². The van der Waals surface area contributed by atoms with Gasteiger partial charge in [0.05, 0.1) is 12.7 Å². The Morgan fingerprint density at radius 2 is 1.89 bits per heavy atom. The minimum atomic E-state index is -4.41. The third-order valence-corrected chi connectivity index (χ3v) is 2.34. The van der Waals surface area contributed by atoms with Crippen LogP contribution >= 0.6 is 0 Å². The van der Waals surface area contributed by atoms with E-state index in [0.717, 1.165) is 12.1 Å². The van der Waals surface area contributed by atoms with E-state index in [1.807, 2.05) is 0 Å². The molecule has 0 aliphatic rings. The van der Waals surface area contributed by atoms with E-state index < -0.39 is 23.2 Å². The predicted octanol–water partition coefficient (Wildman–Crippen LogP) is 3.07. The lowest BCUT2D eigenvalue weighted by atomic mass is 10.0. The maximum atomic E-state index is 12.5. The van der Waals surface area contributed by atoms with Gasteiger partial charge < -0.3 is 10.1 Å². The van der Waals surface area contributed by atoms with Crippen molar-refractivity contribution in [2.24, 2.45) is 0 Å². The molecule has 0 aliphatic carbocycles. The van der Waals surface area contributed by atoms with E-state index in [1.165, 1.54) is 33.1 Å². The number of benzene rings is 1. The minimum Gasteiger partial charge on any atom is -0.467 e. The number of carbonyl (C=O) groups is 1. The Morgan fingerprint density at radius 3 is 2.39 bits per heavy atom. The molecular weight excluding hydrogens is 247 g/mol. The fraction of sp³-hybridized carbons (Fsp3) is 0.417. The molecule has 0 unspecified atom stereocenters. The number of esters is 1. The molecule has 1 rings (SSSR count). The lowest BCUT2D eigenvalue weighted by molar-refractivity contribution is -0.144. The highest BCUT2D eigenvalue weighted by Gasteiger charge is 2.32. The summed E-state index contributed by atoms with van der Waals surface area (Å²) in [5.41, 5.74) is -1.66. The monoisotopic (exact) mass is 261 g/mol. The first-order valence-corrected chi connectivity index (χ1v) is 5.20. The van der Waals surface area contributed by atoms with Crippen molar-refractivity contribution in [3.05, 3.63) is 29.8 Å². The van der Waals surface area contributed by atoms with Gasteiger partial charge >= 0.3 is 12.1 Å². The summed E-state index contributed by atoms with van der Waals surface area (Å²) < 4.78 is 42.1. The van der Waals surface area contributed by atoms with Crippen molar-refractivity contribution in [1.82, 2.24) is 0 Å². The highest BCUT2D eigenvalue weighted by atomic mass is 19.4. The molecule has 0 bridgehead atoms. The molecule has 0 fully saturated rings. The lowest BCUT2D eigenvalue weighted by Gasteiger charge is -2.24. The predicted molar refractivity (Wildman–Crippen MR) is 61.2 cm³/mol. The van der Waals surface area contributed by atoms with Gasteiger partial charge in [-0.3, -0.25) is 0 Å². The number of ether oxygens (including phenoxy) is 1. The highest BCUT2D eigenvalue weighted by Crippen LogP contribution is 2.31. The van der Waals surface area contributed by atoms with Crippen molar-refractivity contribution in [2.45, 2.75) is 25.6 Å². The van der Waals surface area contributed by atoms with Crippen molar-refractivity contribution in [3.63, 3.8) is 0 Å². The van der Waals surface area contributed by atoms with Crippen LogP contribution in [0.25, 0.3) is 0 Å². The van der Waals surface area contributed by atoms with Crippen LogP contribution in [0.1, 0.15) is 19.4 Å². The molecule has 0 atom stereocenters. The smallest absolute Gasteiger partial charge is 0.416 e. The number of halogens is 3. The van der Waals surface area contributed by atoms with E-state index in [-0.39, 0.29) is 5.69 Å². The molecule has 0 aliphatic heterocycles. The van der Waals surface area contributed by atoms with E-state index in [4.69, 9.17) is 0 Å². The van der Waals surface area contributed by atoms with Crippen LogP contribution < -0.4 is 5.32 Å². The summed E-state index contributed by atoms with van der Waals surface area (Å²) in [4.78, 5) is 11.4. The first kappa shape index (κ1) is 14.3. The number of anilines is 1. The van der Waals surface area contributed by atoms with E-state index >= 15 is 0 Å². The molecular formula is C12H14F3NO2. The quantitative estimate of drug-likeness (QED) is 0.850. The largest absolute Gasteiger partial charge is 0.467 e. The molecule has 0 radical (unpaired) electrons. The zero-order chi connectivity index (χ0) is 14.0. The van der Waals surface area contributed by atoms with E-state index in [2.05, 4.69) is 10.1 Å². The standard InChI is InChI=1S/C12H14F3NO2/c1-11(2,10(17)18-3)16-9-6-4-5-8(7-9)12(13,14)15/h4-7,16H,1-3H3. The Hall–Kier alpha value is -1.72. The highest BCUT2D eigenvalue weighted by molar-refractivity contribution is 5.83. The third-order valence-electron chi connectivity index (χ3n) is 2.34. The second kappa shape index (κ2) is 4.88. The fourth-order valence-electron chi connectivity index (χ4n) is 1.44. The molecule has 1 N–H and O–H groups in total. The first-order valence-electron chi connectivity index (χ1n) is 5.20. The molecule has 100 valence electrons. The summed E-state index contributed by atoms with van der Waals surface area (Å²) in [5.74, 6) is -0.556. The van der Waals surface area contributed by atoms with Crippen molar-refractivity contribution in [3.8, 4) is 0 Å². The first-order chi connectivity index (χ1) is 8.16. The topological polar surface area (TPSA) is 38.3 Å². The number of rotatable bonds is 3. The summed E-state index contributed by atoms with van der Waals surface area (Å²) in [6.07, 6.45) is -4.41. The molecule has 18 heavy (non-hydrogen) atoms. The van der Waals surface area contributed by atoms with Gasteiger partial charge in [0, 0.05) is 5.69 Å². The van der Waals surface area contributed by atoms with Crippen LogP contribution in [-0.2, 0) is 15.7 Å². The lowest BCUT2D eigenvalue weighted by Crippen LogP contribution is -2.41. The molecule has 1 aromatic carbocycles. The molecule has 6 heteroatoms. The van der Waals surface area contributed by atoms with Crippen molar-refractivity contribution in [2.75, 3.05) is 12.4 Å². The molecule has 0 amide bonds. The van der Waals surface area contributed by atoms with Crippen LogP contribution in [0.5, 0.6) is 0 Å². The van der Waals surface area contributed by atoms with Gasteiger partial charge in [0.15, 0.2) is 0 Å². The Kier molecular flexibility index (Phi) is 3.88. The van der Waals surface area contributed by atoms with Gasteiger partial charge in [-0.25, -0.2) is 4.79 Å². The maximum absolute atomic E-state index is 12.5. The number of nitrogens with one attached hydrogen (secondary N) is 1. The van der Waals surface area contributed by atoms with Gasteiger partial charge in [-0.15, -0.1) is 0 Å². The molecule has 0 heterocycles. The second-order valence-corrected chi connectivity index (χ2v) is 4.32. The van der Waals surface area contributed by atoms with Gasteiger partial charge in [0.25, 0.3) is 0 Å². The third kappa shape index (κ3) is 3.38. The van der Waals surface area contributed by atoms with Gasteiger partial charge in [-0.1, -0.05) is 6.07 Å². The summed E-state index contributed by atoms with van der Waals surface area (Å²) in [6, 6.07) is 4.65. The maximum Gasteiger partial charge on any atom is 0.416 e. The molecule has 1 aromatic rings. The summed E-state index contributed by atoms with van der Waals surface area (Å²) in [7, 11) is 1.22. The Balaban J connectivity index is 2.96. The number of hydrogen-bond donors (Lipinski definition) is 1. The van der Waals surface area contributed by atoms with Crippen LogP contribution in [0.3, 0.4) is 0 Å². The van der Waals surface area contributed by atoms with Crippen LogP contribution in [0.15, 0.2) is 24.3 Å². The molecule has 0 saturated carbocycles. The van der Waals surface area contributed by atoms with E-state index in [1.54, 1.807) is 0 Å². The van der Waals surface area contributed by atoms with Crippen LogP contribution in [0, 0.1) is 0 Å². The zero-order valence-corrected chi connectivity index (χ0v) is 10.3. The summed E-state index contributed by atoms with van der Waals surface area (Å²) in [5, 5.41) is 2.71. The van der Waals surface area contributed by atoms with Crippen LogP contribution in [-0.4, -0.2) is 18.6 Å². The normalized spacial score (nSPS) is 12.1. The molecule has 0 spiro atoms. The number of alkyl halides is 3. The molecule has 0 saturated heterocycles. The SMILES string of the molecule is COC(=O)C(C)(C)Nc1cccc(C(F)(F)F)c1.